The molecule has 10 nitrogen and oxygen atoms in total. The molecule has 0 heterocycles. The molecule has 0 aliphatic heterocycles. The van der Waals surface area contributed by atoms with Crippen LogP contribution in [0.2, 0.25) is 0 Å². The third-order valence-corrected chi connectivity index (χ3v) is 8.47. The highest BCUT2D eigenvalue weighted by Crippen LogP contribution is 2.53. The molecule has 3 aliphatic rings. The second-order valence-corrected chi connectivity index (χ2v) is 10.6. The zero-order valence-corrected chi connectivity index (χ0v) is 21.1. The Morgan fingerprint density at radius 3 is 2.39 bits per heavy atom. The first-order valence-electron chi connectivity index (χ1n) is 12.5. The van der Waals surface area contributed by atoms with Gasteiger partial charge in [-0.2, -0.15) is 0 Å². The Hall–Kier alpha value is -3.57. The van der Waals surface area contributed by atoms with Crippen LogP contribution in [0.25, 0.3) is 16.9 Å². The lowest BCUT2D eigenvalue weighted by molar-refractivity contribution is -0.184. The van der Waals surface area contributed by atoms with Crippen molar-refractivity contribution < 1.29 is 34.8 Å². The van der Waals surface area contributed by atoms with Crippen molar-refractivity contribution in [2.24, 2.45) is 29.2 Å². The van der Waals surface area contributed by atoms with Crippen LogP contribution >= 0.6 is 0 Å². The molecule has 2 saturated carbocycles. The number of carbonyl (C=O) groups is 3. The van der Waals surface area contributed by atoms with Gasteiger partial charge in [-0.15, -0.1) is 0 Å². The van der Waals surface area contributed by atoms with Crippen LogP contribution in [-0.4, -0.2) is 74.6 Å². The highest BCUT2D eigenvalue weighted by molar-refractivity contribution is 6.25. The minimum absolute atomic E-state index is 0.0346. The van der Waals surface area contributed by atoms with E-state index in [9.17, 15) is 34.8 Å². The van der Waals surface area contributed by atoms with Gasteiger partial charge >= 0.3 is 0 Å². The Morgan fingerprint density at radius 1 is 1.16 bits per heavy atom. The number of nitrogens with zero attached hydrogens (tertiary/aromatic N) is 1. The van der Waals surface area contributed by atoms with Crippen LogP contribution in [0.4, 0.5) is 0 Å². The number of amides is 1. The molecule has 2 fully saturated rings. The third-order valence-electron chi connectivity index (χ3n) is 8.47. The maximum Gasteiger partial charge on any atom is 0.230 e. The van der Waals surface area contributed by atoms with Crippen molar-refractivity contribution in [1.82, 2.24) is 4.90 Å². The minimum atomic E-state index is -2.69. The molecule has 3 aliphatic carbocycles. The summed E-state index contributed by atoms with van der Waals surface area (Å²) in [6.45, 7) is -0.0356. The lowest BCUT2D eigenvalue weighted by atomic mass is 9.54. The second kappa shape index (κ2) is 9.02. The number of ketones is 2. The van der Waals surface area contributed by atoms with E-state index in [2.05, 4.69) is 0 Å². The summed E-state index contributed by atoms with van der Waals surface area (Å²) in [5.74, 6) is -7.68. The summed E-state index contributed by atoms with van der Waals surface area (Å²) >= 11 is 0. The molecule has 0 spiro atoms. The van der Waals surface area contributed by atoms with Crippen molar-refractivity contribution in [2.75, 3.05) is 14.1 Å². The molecule has 0 aromatic heterocycles. The van der Waals surface area contributed by atoms with E-state index in [0.717, 1.165) is 11.1 Å². The fraction of sp³-hybridized carbons (Fsp3) is 0.393. The van der Waals surface area contributed by atoms with Crippen molar-refractivity contribution >= 4 is 23.2 Å². The van der Waals surface area contributed by atoms with Crippen LogP contribution in [0.3, 0.4) is 0 Å². The van der Waals surface area contributed by atoms with Gasteiger partial charge in [-0.3, -0.25) is 14.4 Å². The smallest absolute Gasteiger partial charge is 0.230 e. The Kier molecular flexibility index (Phi) is 6.18. The molecule has 2 aromatic carbocycles. The number of rotatable bonds is 4. The zero-order valence-electron chi connectivity index (χ0n) is 21.1. The quantitative estimate of drug-likeness (QED) is 0.307. The second-order valence-electron chi connectivity index (χ2n) is 10.6. The van der Waals surface area contributed by atoms with Crippen LogP contribution in [-0.2, 0) is 27.3 Å². The van der Waals surface area contributed by atoms with E-state index in [4.69, 9.17) is 11.5 Å². The summed E-state index contributed by atoms with van der Waals surface area (Å²) in [5, 5.41) is 45.2. The molecule has 1 amide bonds. The normalized spacial score (nSPS) is 30.6. The van der Waals surface area contributed by atoms with Crippen LogP contribution < -0.4 is 11.5 Å². The third kappa shape index (κ3) is 3.45. The van der Waals surface area contributed by atoms with Gasteiger partial charge < -0.3 is 36.8 Å². The number of nitrogens with two attached hydrogens (primary N) is 2. The number of hydrogen-bond donors (Lipinski definition) is 6. The van der Waals surface area contributed by atoms with Gasteiger partial charge in [-0.05, 0) is 55.6 Å². The SMILES string of the molecule is CN(C)[C@H]1C(O)C(C(N)=O)C(=O)[C@@]2(O)C(=O)C3=C(O)c4c(O)c(CN)cc(-c5ccccc5)c4C[C@H]3C[C@@H]12. The van der Waals surface area contributed by atoms with Gasteiger partial charge in [0, 0.05) is 29.6 Å². The maximum absolute atomic E-state index is 14.0. The van der Waals surface area contributed by atoms with Gasteiger partial charge in [0.2, 0.25) is 11.7 Å². The van der Waals surface area contributed by atoms with E-state index in [-0.39, 0.29) is 36.3 Å². The number of aromatic hydroxyl groups is 1. The first kappa shape index (κ1) is 26.1. The predicted octanol–water partition coefficient (Wildman–Crippen LogP) is 0.255. The molecule has 8 N–H and O–H groups in total. The minimum Gasteiger partial charge on any atom is -0.507 e. The topological polar surface area (TPSA) is 187 Å². The largest absolute Gasteiger partial charge is 0.507 e. The van der Waals surface area contributed by atoms with E-state index in [1.165, 1.54) is 0 Å². The number of fused-ring (bicyclic) bond motifs is 3. The highest BCUT2D eigenvalue weighted by Gasteiger charge is 2.67. The van der Waals surface area contributed by atoms with E-state index in [0.29, 0.717) is 11.1 Å². The molecular formula is C28H31N3O7. The van der Waals surface area contributed by atoms with E-state index in [1.807, 2.05) is 30.3 Å². The number of hydrogen-bond acceptors (Lipinski definition) is 9. The molecule has 2 unspecified atom stereocenters. The number of carbonyl (C=O) groups excluding carboxylic acids is 3. The summed E-state index contributed by atoms with van der Waals surface area (Å²) < 4.78 is 0. The summed E-state index contributed by atoms with van der Waals surface area (Å²) in [7, 11) is 3.23. The lowest BCUT2D eigenvalue weighted by Crippen LogP contribution is -2.73. The number of aliphatic hydroxyl groups is 3. The highest BCUT2D eigenvalue weighted by atomic mass is 16.3. The fourth-order valence-corrected chi connectivity index (χ4v) is 6.76. The van der Waals surface area contributed by atoms with E-state index in [1.54, 1.807) is 25.1 Å². The van der Waals surface area contributed by atoms with Crippen molar-refractivity contribution in [3.63, 3.8) is 0 Å². The predicted molar refractivity (Wildman–Crippen MR) is 137 cm³/mol. The van der Waals surface area contributed by atoms with Gasteiger partial charge in [0.05, 0.1) is 11.7 Å². The number of benzene rings is 2. The molecule has 38 heavy (non-hydrogen) atoms. The van der Waals surface area contributed by atoms with Crippen molar-refractivity contribution in [3.05, 3.63) is 58.7 Å². The van der Waals surface area contributed by atoms with Crippen molar-refractivity contribution in [2.45, 2.75) is 37.1 Å². The number of phenols is 1. The summed E-state index contributed by atoms with van der Waals surface area (Å²) in [6.07, 6.45) is -1.25. The molecule has 0 bridgehead atoms. The molecule has 200 valence electrons. The number of phenolic OH excluding ortho intramolecular Hbond substituents is 1. The number of aliphatic hydroxyl groups excluding tert-OH is 2. The van der Waals surface area contributed by atoms with Gasteiger partial charge in [0.25, 0.3) is 0 Å². The monoisotopic (exact) mass is 521 g/mol. The molecule has 6 atom stereocenters. The molecule has 0 saturated heterocycles. The van der Waals surface area contributed by atoms with Gasteiger partial charge in [-0.25, -0.2) is 0 Å². The van der Waals surface area contributed by atoms with Crippen LogP contribution in [0.5, 0.6) is 5.75 Å². The lowest BCUT2D eigenvalue weighted by Gasteiger charge is -2.53. The Bertz CT molecular complexity index is 1390. The molecule has 2 aromatic rings. The van der Waals surface area contributed by atoms with Crippen molar-refractivity contribution in [3.8, 4) is 16.9 Å². The number of Topliss-reactive ketones (excluding diaryl/α,β-unsaturated/α-hetero) is 2. The van der Waals surface area contributed by atoms with Crippen molar-refractivity contribution in [1.29, 1.82) is 0 Å². The maximum atomic E-state index is 14.0. The summed E-state index contributed by atoms with van der Waals surface area (Å²) in [6, 6.07) is 10.2. The van der Waals surface area contributed by atoms with Crippen LogP contribution in [0.1, 0.15) is 23.1 Å². The molecule has 5 rings (SSSR count). The Labute approximate surface area is 219 Å². The van der Waals surface area contributed by atoms with Gasteiger partial charge in [-0.1, -0.05) is 30.3 Å². The average Bonchev–Trinajstić information content (AvgIpc) is 2.86. The Balaban J connectivity index is 1.74. The number of likely N-dealkylation sites (N-methyl/N-ethyl adjacent to an activating group) is 1. The zero-order chi connectivity index (χ0) is 27.7. The molecule has 0 radical (unpaired) electrons. The fourth-order valence-electron chi connectivity index (χ4n) is 6.76. The summed E-state index contributed by atoms with van der Waals surface area (Å²) in [4.78, 5) is 41.1. The van der Waals surface area contributed by atoms with E-state index >= 15 is 0 Å². The van der Waals surface area contributed by atoms with Crippen LogP contribution in [0.15, 0.2) is 42.0 Å². The first-order valence-corrected chi connectivity index (χ1v) is 12.5. The first-order chi connectivity index (χ1) is 17.9. The van der Waals surface area contributed by atoms with Crippen LogP contribution in [0, 0.1) is 17.8 Å². The van der Waals surface area contributed by atoms with Gasteiger partial charge in [0.1, 0.15) is 17.4 Å². The van der Waals surface area contributed by atoms with E-state index < -0.39 is 58.7 Å². The summed E-state index contributed by atoms with van der Waals surface area (Å²) in [5.41, 5.74) is 11.0. The Morgan fingerprint density at radius 2 is 1.82 bits per heavy atom. The molecular weight excluding hydrogens is 490 g/mol. The number of primary amides is 1. The standard InChI is InChI=1S/C28H31N3O7/c1-31(2)21-17-10-13-8-16-15(12-6-4-3-5-7-12)9-14(11-29)22(32)19(16)23(33)18(13)25(35)28(17,38)26(36)20(24(21)34)27(30)37/h3-7,9,13,17,20-21,24,32-34,38H,8,10-11,29H2,1-2H3,(H2,30,37)/t13-,17-,20?,21+,24?,28-/m0/s1. The average molecular weight is 522 g/mol. The van der Waals surface area contributed by atoms with Gasteiger partial charge in [0.15, 0.2) is 11.4 Å². The molecule has 10 heteroatoms.